The number of carbonyl (C=O) groups is 1. The molecule has 1 fully saturated rings. The molecule has 0 radical (unpaired) electrons. The molecule has 1 atom stereocenters. The molecule has 5 heteroatoms. The summed E-state index contributed by atoms with van der Waals surface area (Å²) in [7, 11) is 5.28. The number of amides is 1. The Morgan fingerprint density at radius 1 is 1.60 bits per heavy atom. The van der Waals surface area contributed by atoms with Gasteiger partial charge in [-0.05, 0) is 0 Å². The van der Waals surface area contributed by atoms with E-state index in [4.69, 9.17) is 4.74 Å². The lowest BCUT2D eigenvalue weighted by Gasteiger charge is -2.36. The van der Waals surface area contributed by atoms with Crippen molar-refractivity contribution in [1.82, 2.24) is 15.1 Å². The molecule has 1 rings (SSSR count). The highest BCUT2D eigenvalue weighted by molar-refractivity contribution is 5.81. The number of carbonyl (C=O) groups excluding carboxylic acids is 1. The van der Waals surface area contributed by atoms with E-state index in [-0.39, 0.29) is 11.9 Å². The van der Waals surface area contributed by atoms with E-state index >= 15 is 0 Å². The van der Waals surface area contributed by atoms with E-state index in [1.165, 1.54) is 0 Å². The molecule has 1 aliphatic rings. The van der Waals surface area contributed by atoms with Crippen molar-refractivity contribution < 1.29 is 9.53 Å². The molecule has 0 aromatic heterocycles. The zero-order valence-corrected chi connectivity index (χ0v) is 9.82. The van der Waals surface area contributed by atoms with Gasteiger partial charge in [0.05, 0.1) is 6.61 Å². The third-order valence-electron chi connectivity index (χ3n) is 2.66. The van der Waals surface area contributed by atoms with Crippen LogP contribution in [0.25, 0.3) is 0 Å². The van der Waals surface area contributed by atoms with Gasteiger partial charge in [0, 0.05) is 47.4 Å². The van der Waals surface area contributed by atoms with Crippen LogP contribution in [0.15, 0.2) is 0 Å². The van der Waals surface area contributed by atoms with Crippen LogP contribution in [0.3, 0.4) is 0 Å². The third kappa shape index (κ3) is 3.44. The van der Waals surface area contributed by atoms with Crippen molar-refractivity contribution in [2.75, 3.05) is 54.0 Å². The second-order valence-electron chi connectivity index (χ2n) is 3.98. The standard InChI is InChI=1S/C10H21N3O2/c1-12(2)10(14)9-8-11-4-5-13(9)6-7-15-3/h9,11H,4-8H2,1-3H3. The summed E-state index contributed by atoms with van der Waals surface area (Å²) in [4.78, 5) is 15.7. The van der Waals surface area contributed by atoms with E-state index in [1.54, 1.807) is 26.1 Å². The minimum Gasteiger partial charge on any atom is -0.383 e. The van der Waals surface area contributed by atoms with Gasteiger partial charge in [0.2, 0.25) is 5.91 Å². The molecule has 0 saturated carbocycles. The van der Waals surface area contributed by atoms with Crippen LogP contribution in [0.2, 0.25) is 0 Å². The van der Waals surface area contributed by atoms with Crippen LogP contribution in [-0.4, -0.2) is 75.7 Å². The van der Waals surface area contributed by atoms with Gasteiger partial charge in [-0.15, -0.1) is 0 Å². The van der Waals surface area contributed by atoms with Crippen molar-refractivity contribution in [2.45, 2.75) is 6.04 Å². The maximum absolute atomic E-state index is 11.9. The number of piperazine rings is 1. The average Bonchev–Trinajstić information content (AvgIpc) is 2.25. The van der Waals surface area contributed by atoms with E-state index in [2.05, 4.69) is 10.2 Å². The SMILES string of the molecule is COCCN1CCNCC1C(=O)N(C)C. The highest BCUT2D eigenvalue weighted by atomic mass is 16.5. The molecule has 1 heterocycles. The summed E-state index contributed by atoms with van der Waals surface area (Å²) >= 11 is 0. The fourth-order valence-electron chi connectivity index (χ4n) is 1.76. The number of likely N-dealkylation sites (N-methyl/N-ethyl adjacent to an activating group) is 1. The van der Waals surface area contributed by atoms with Gasteiger partial charge >= 0.3 is 0 Å². The molecule has 0 spiro atoms. The summed E-state index contributed by atoms with van der Waals surface area (Å²) in [6, 6.07) is -0.0381. The van der Waals surface area contributed by atoms with E-state index in [0.29, 0.717) is 6.61 Å². The fourth-order valence-corrected chi connectivity index (χ4v) is 1.76. The largest absolute Gasteiger partial charge is 0.383 e. The molecule has 0 aliphatic carbocycles. The average molecular weight is 215 g/mol. The summed E-state index contributed by atoms with van der Waals surface area (Å²) in [6.07, 6.45) is 0. The summed E-state index contributed by atoms with van der Waals surface area (Å²) in [5.41, 5.74) is 0. The molecule has 0 bridgehead atoms. The number of methoxy groups -OCH3 is 1. The lowest BCUT2D eigenvalue weighted by molar-refractivity contribution is -0.135. The van der Waals surface area contributed by atoms with Gasteiger partial charge in [0.1, 0.15) is 6.04 Å². The summed E-state index contributed by atoms with van der Waals surface area (Å²) in [5.74, 6) is 0.165. The van der Waals surface area contributed by atoms with Crippen molar-refractivity contribution in [3.63, 3.8) is 0 Å². The van der Waals surface area contributed by atoms with Gasteiger partial charge in [-0.25, -0.2) is 0 Å². The molecule has 1 N–H and O–H groups in total. The van der Waals surface area contributed by atoms with Crippen LogP contribution in [0.5, 0.6) is 0 Å². The molecule has 0 aromatic rings. The second-order valence-corrected chi connectivity index (χ2v) is 3.98. The maximum atomic E-state index is 11.9. The number of hydrogen-bond acceptors (Lipinski definition) is 4. The van der Waals surface area contributed by atoms with E-state index in [9.17, 15) is 4.79 Å². The van der Waals surface area contributed by atoms with Crippen LogP contribution >= 0.6 is 0 Å². The molecule has 1 aliphatic heterocycles. The number of ether oxygens (including phenoxy) is 1. The van der Waals surface area contributed by atoms with Crippen LogP contribution in [0.4, 0.5) is 0 Å². The van der Waals surface area contributed by atoms with Crippen LogP contribution < -0.4 is 5.32 Å². The normalized spacial score (nSPS) is 22.7. The van der Waals surface area contributed by atoms with Crippen LogP contribution in [0.1, 0.15) is 0 Å². The molecule has 88 valence electrons. The first-order chi connectivity index (χ1) is 7.16. The van der Waals surface area contributed by atoms with E-state index in [0.717, 1.165) is 26.2 Å². The van der Waals surface area contributed by atoms with Crippen molar-refractivity contribution in [1.29, 1.82) is 0 Å². The second kappa shape index (κ2) is 6.05. The van der Waals surface area contributed by atoms with Crippen LogP contribution in [0, 0.1) is 0 Å². The third-order valence-corrected chi connectivity index (χ3v) is 2.66. The summed E-state index contributed by atoms with van der Waals surface area (Å²) in [6.45, 7) is 4.09. The smallest absolute Gasteiger partial charge is 0.240 e. The number of rotatable bonds is 4. The van der Waals surface area contributed by atoms with Crippen molar-refractivity contribution in [3.8, 4) is 0 Å². The lowest BCUT2D eigenvalue weighted by atomic mass is 10.1. The monoisotopic (exact) mass is 215 g/mol. The fraction of sp³-hybridized carbons (Fsp3) is 0.900. The molecular weight excluding hydrogens is 194 g/mol. The Kier molecular flexibility index (Phi) is 5.01. The lowest BCUT2D eigenvalue weighted by Crippen LogP contribution is -2.58. The minimum absolute atomic E-state index is 0.0381. The van der Waals surface area contributed by atoms with Gasteiger partial charge < -0.3 is 15.0 Å². The summed E-state index contributed by atoms with van der Waals surface area (Å²) < 4.78 is 5.05. The van der Waals surface area contributed by atoms with Gasteiger partial charge in [-0.1, -0.05) is 0 Å². The Labute approximate surface area is 91.4 Å². The highest BCUT2D eigenvalue weighted by Crippen LogP contribution is 2.05. The Morgan fingerprint density at radius 3 is 2.93 bits per heavy atom. The Bertz CT molecular complexity index is 209. The molecular formula is C10H21N3O2. The first-order valence-corrected chi connectivity index (χ1v) is 5.31. The van der Waals surface area contributed by atoms with E-state index in [1.807, 2.05) is 0 Å². The molecule has 5 nitrogen and oxygen atoms in total. The first kappa shape index (κ1) is 12.4. The first-order valence-electron chi connectivity index (χ1n) is 5.31. The topological polar surface area (TPSA) is 44.8 Å². The minimum atomic E-state index is -0.0381. The van der Waals surface area contributed by atoms with Gasteiger partial charge in [0.25, 0.3) is 0 Å². The van der Waals surface area contributed by atoms with Crippen LogP contribution in [-0.2, 0) is 9.53 Å². The zero-order valence-electron chi connectivity index (χ0n) is 9.82. The number of nitrogens with one attached hydrogen (secondary N) is 1. The number of hydrogen-bond donors (Lipinski definition) is 1. The molecule has 1 saturated heterocycles. The highest BCUT2D eigenvalue weighted by Gasteiger charge is 2.28. The predicted molar refractivity (Wildman–Crippen MR) is 58.8 cm³/mol. The van der Waals surface area contributed by atoms with Crippen molar-refractivity contribution in [2.24, 2.45) is 0 Å². The van der Waals surface area contributed by atoms with Crippen molar-refractivity contribution in [3.05, 3.63) is 0 Å². The zero-order chi connectivity index (χ0) is 11.3. The van der Waals surface area contributed by atoms with Gasteiger partial charge in [-0.2, -0.15) is 0 Å². The number of nitrogens with zero attached hydrogens (tertiary/aromatic N) is 2. The molecule has 0 aromatic carbocycles. The Balaban J connectivity index is 2.53. The maximum Gasteiger partial charge on any atom is 0.240 e. The Hall–Kier alpha value is -0.650. The molecule has 1 amide bonds. The van der Waals surface area contributed by atoms with Gasteiger partial charge in [-0.3, -0.25) is 9.69 Å². The Morgan fingerprint density at radius 2 is 2.33 bits per heavy atom. The van der Waals surface area contributed by atoms with E-state index < -0.39 is 0 Å². The predicted octanol–water partition coefficient (Wildman–Crippen LogP) is -1.01. The van der Waals surface area contributed by atoms with Crippen molar-refractivity contribution >= 4 is 5.91 Å². The molecule has 1 unspecified atom stereocenters. The quantitative estimate of drug-likeness (QED) is 0.653. The summed E-state index contributed by atoms with van der Waals surface area (Å²) in [5, 5.41) is 3.25. The van der Waals surface area contributed by atoms with Gasteiger partial charge in [0.15, 0.2) is 0 Å². The molecule has 15 heavy (non-hydrogen) atoms.